The first kappa shape index (κ1) is 14.2. The van der Waals surface area contributed by atoms with Crippen LogP contribution in [0.25, 0.3) is 0 Å². The molecule has 0 aliphatic carbocycles. The monoisotopic (exact) mass is 227 g/mol. The zero-order valence-electron chi connectivity index (χ0n) is 9.82. The van der Waals surface area contributed by atoms with Crippen LogP contribution < -0.4 is 5.32 Å². The van der Waals surface area contributed by atoms with Crippen molar-refractivity contribution in [3.05, 3.63) is 0 Å². The average molecular weight is 227 g/mol. The molecule has 0 saturated heterocycles. The molecule has 0 saturated carbocycles. The van der Waals surface area contributed by atoms with Crippen molar-refractivity contribution in [1.82, 2.24) is 10.2 Å². The standard InChI is InChI=1S/C10H17N3O3/c1-4-16-9(14)6-12-10(15)13(3)7-8(2)5-11/h8H,4,6-7H2,1-3H3,(H,12,15). The van der Waals surface area contributed by atoms with Gasteiger partial charge in [-0.25, -0.2) is 4.79 Å². The second-order valence-corrected chi connectivity index (χ2v) is 3.37. The maximum Gasteiger partial charge on any atom is 0.325 e. The van der Waals surface area contributed by atoms with Gasteiger partial charge in [-0.2, -0.15) is 5.26 Å². The van der Waals surface area contributed by atoms with E-state index in [1.807, 2.05) is 6.07 Å². The number of nitrogens with one attached hydrogen (secondary N) is 1. The van der Waals surface area contributed by atoms with Gasteiger partial charge in [-0.15, -0.1) is 0 Å². The van der Waals surface area contributed by atoms with E-state index in [1.165, 1.54) is 4.90 Å². The second-order valence-electron chi connectivity index (χ2n) is 3.37. The Morgan fingerprint density at radius 3 is 2.69 bits per heavy atom. The number of carbonyl (C=O) groups is 2. The van der Waals surface area contributed by atoms with E-state index in [0.717, 1.165) is 0 Å². The molecule has 0 radical (unpaired) electrons. The minimum atomic E-state index is -0.474. The molecule has 0 aromatic rings. The summed E-state index contributed by atoms with van der Waals surface area (Å²) < 4.78 is 4.65. The SMILES string of the molecule is CCOC(=O)CNC(=O)N(C)CC(C)C#N. The van der Waals surface area contributed by atoms with Crippen molar-refractivity contribution >= 4 is 12.0 Å². The Hall–Kier alpha value is -1.77. The molecular weight excluding hydrogens is 210 g/mol. The molecule has 16 heavy (non-hydrogen) atoms. The molecule has 0 spiro atoms. The summed E-state index contributed by atoms with van der Waals surface area (Å²) in [5.41, 5.74) is 0. The maximum absolute atomic E-state index is 11.4. The molecule has 0 fully saturated rings. The van der Waals surface area contributed by atoms with Gasteiger partial charge < -0.3 is 15.0 Å². The topological polar surface area (TPSA) is 82.4 Å². The number of hydrogen-bond donors (Lipinski definition) is 1. The van der Waals surface area contributed by atoms with Gasteiger partial charge in [0.25, 0.3) is 0 Å². The lowest BCUT2D eigenvalue weighted by Crippen LogP contribution is -2.41. The molecule has 0 aromatic heterocycles. The molecule has 1 N–H and O–H groups in total. The molecule has 0 aliphatic rings. The van der Waals surface area contributed by atoms with Gasteiger partial charge in [-0.05, 0) is 13.8 Å². The highest BCUT2D eigenvalue weighted by molar-refractivity contribution is 5.80. The fourth-order valence-corrected chi connectivity index (χ4v) is 1.03. The molecule has 0 heterocycles. The highest BCUT2D eigenvalue weighted by Gasteiger charge is 2.12. The first-order chi connectivity index (χ1) is 7.51. The Labute approximate surface area is 95.2 Å². The van der Waals surface area contributed by atoms with Gasteiger partial charge in [0.2, 0.25) is 0 Å². The van der Waals surface area contributed by atoms with Crippen molar-refractivity contribution < 1.29 is 14.3 Å². The van der Waals surface area contributed by atoms with Crippen LogP contribution in [0.4, 0.5) is 4.79 Å². The van der Waals surface area contributed by atoms with Crippen LogP contribution in [-0.2, 0) is 9.53 Å². The van der Waals surface area contributed by atoms with E-state index in [9.17, 15) is 9.59 Å². The van der Waals surface area contributed by atoms with Gasteiger partial charge in [0.05, 0.1) is 18.6 Å². The van der Waals surface area contributed by atoms with Crippen LogP contribution in [0.15, 0.2) is 0 Å². The first-order valence-electron chi connectivity index (χ1n) is 5.05. The summed E-state index contributed by atoms with van der Waals surface area (Å²) in [5.74, 6) is -0.712. The normalized spacial score (nSPS) is 11.1. The zero-order valence-corrected chi connectivity index (χ0v) is 9.82. The van der Waals surface area contributed by atoms with E-state index in [0.29, 0.717) is 6.54 Å². The number of nitrogens with zero attached hydrogens (tertiary/aromatic N) is 2. The average Bonchev–Trinajstić information content (AvgIpc) is 2.25. The summed E-state index contributed by atoms with van der Waals surface area (Å²) in [6.45, 7) is 3.87. The Morgan fingerprint density at radius 1 is 1.56 bits per heavy atom. The third-order valence-corrected chi connectivity index (χ3v) is 1.80. The summed E-state index contributed by atoms with van der Waals surface area (Å²) >= 11 is 0. The van der Waals surface area contributed by atoms with Gasteiger partial charge in [0.15, 0.2) is 0 Å². The van der Waals surface area contributed by atoms with Gasteiger partial charge in [0.1, 0.15) is 6.54 Å². The van der Waals surface area contributed by atoms with Crippen LogP contribution in [0.5, 0.6) is 0 Å². The van der Waals surface area contributed by atoms with Crippen molar-refractivity contribution in [3.63, 3.8) is 0 Å². The predicted octanol–water partition coefficient (Wildman–Crippen LogP) is 0.351. The summed E-state index contributed by atoms with van der Waals surface area (Å²) in [6, 6.07) is 1.63. The number of rotatable bonds is 5. The number of amides is 2. The summed E-state index contributed by atoms with van der Waals surface area (Å²) in [7, 11) is 1.56. The minimum absolute atomic E-state index is 0.155. The summed E-state index contributed by atoms with van der Waals surface area (Å²) in [4.78, 5) is 23.7. The van der Waals surface area contributed by atoms with Crippen LogP contribution in [0.3, 0.4) is 0 Å². The second kappa shape index (κ2) is 7.51. The molecular formula is C10H17N3O3. The molecule has 90 valence electrons. The lowest BCUT2D eigenvalue weighted by molar-refractivity contribution is -0.141. The molecule has 0 aromatic carbocycles. The number of carbonyl (C=O) groups excluding carboxylic acids is 2. The first-order valence-corrected chi connectivity index (χ1v) is 5.05. The molecule has 0 aliphatic heterocycles. The largest absolute Gasteiger partial charge is 0.465 e. The lowest BCUT2D eigenvalue weighted by atomic mass is 10.2. The van der Waals surface area contributed by atoms with E-state index < -0.39 is 12.0 Å². The van der Waals surface area contributed by atoms with Crippen LogP contribution in [0, 0.1) is 17.2 Å². The number of ether oxygens (including phenoxy) is 1. The van der Waals surface area contributed by atoms with Gasteiger partial charge in [-0.3, -0.25) is 4.79 Å². The molecule has 1 unspecified atom stereocenters. The Morgan fingerprint density at radius 2 is 2.19 bits per heavy atom. The van der Waals surface area contributed by atoms with Crippen molar-refractivity contribution in [2.75, 3.05) is 26.7 Å². The summed E-state index contributed by atoms with van der Waals surface area (Å²) in [5, 5.41) is 11.0. The van der Waals surface area contributed by atoms with Crippen molar-refractivity contribution in [3.8, 4) is 6.07 Å². The van der Waals surface area contributed by atoms with Crippen LogP contribution in [0.2, 0.25) is 0 Å². The third-order valence-electron chi connectivity index (χ3n) is 1.80. The van der Waals surface area contributed by atoms with Crippen molar-refractivity contribution in [1.29, 1.82) is 5.26 Å². The van der Waals surface area contributed by atoms with E-state index in [-0.39, 0.29) is 19.1 Å². The number of esters is 1. The minimum Gasteiger partial charge on any atom is -0.465 e. The van der Waals surface area contributed by atoms with Gasteiger partial charge in [-0.1, -0.05) is 0 Å². The zero-order chi connectivity index (χ0) is 12.6. The summed E-state index contributed by atoms with van der Waals surface area (Å²) in [6.07, 6.45) is 0. The van der Waals surface area contributed by atoms with Gasteiger partial charge in [0, 0.05) is 13.6 Å². The fraction of sp³-hybridized carbons (Fsp3) is 0.700. The van der Waals surface area contributed by atoms with E-state index in [2.05, 4.69) is 10.1 Å². The lowest BCUT2D eigenvalue weighted by Gasteiger charge is -2.18. The molecule has 1 atom stereocenters. The quantitative estimate of drug-likeness (QED) is 0.687. The number of nitriles is 1. The molecule has 0 bridgehead atoms. The predicted molar refractivity (Wildman–Crippen MR) is 57.4 cm³/mol. The smallest absolute Gasteiger partial charge is 0.325 e. The Bertz CT molecular complexity index is 286. The van der Waals surface area contributed by atoms with Gasteiger partial charge >= 0.3 is 12.0 Å². The van der Waals surface area contributed by atoms with E-state index >= 15 is 0 Å². The Balaban J connectivity index is 3.89. The molecule has 6 nitrogen and oxygen atoms in total. The fourth-order valence-electron chi connectivity index (χ4n) is 1.03. The molecule has 6 heteroatoms. The Kier molecular flexibility index (Phi) is 6.68. The highest BCUT2D eigenvalue weighted by atomic mass is 16.5. The van der Waals surface area contributed by atoms with Crippen molar-refractivity contribution in [2.45, 2.75) is 13.8 Å². The highest BCUT2D eigenvalue weighted by Crippen LogP contribution is 1.95. The molecule has 2 amide bonds. The maximum atomic E-state index is 11.4. The van der Waals surface area contributed by atoms with Crippen LogP contribution >= 0.6 is 0 Å². The number of urea groups is 1. The van der Waals surface area contributed by atoms with E-state index in [4.69, 9.17) is 5.26 Å². The van der Waals surface area contributed by atoms with Crippen molar-refractivity contribution in [2.24, 2.45) is 5.92 Å². The van der Waals surface area contributed by atoms with Crippen LogP contribution in [0.1, 0.15) is 13.8 Å². The number of hydrogen-bond acceptors (Lipinski definition) is 4. The molecule has 0 rings (SSSR count). The third kappa shape index (κ3) is 5.86. The van der Waals surface area contributed by atoms with Crippen LogP contribution in [-0.4, -0.2) is 43.6 Å². The van der Waals surface area contributed by atoms with E-state index in [1.54, 1.807) is 20.9 Å².